The molecule has 0 aromatic rings. The van der Waals surface area contributed by atoms with Crippen molar-refractivity contribution in [3.05, 3.63) is 0 Å². The molecule has 13 heavy (non-hydrogen) atoms. The Morgan fingerprint density at radius 1 is 1.15 bits per heavy atom. The molecule has 0 atom stereocenters. The molecule has 0 aromatic heterocycles. The summed E-state index contributed by atoms with van der Waals surface area (Å²) >= 11 is 0. The molecule has 0 aliphatic carbocycles. The van der Waals surface area contributed by atoms with Gasteiger partial charge < -0.3 is 9.47 Å². The third kappa shape index (κ3) is 4.10. The van der Waals surface area contributed by atoms with Crippen LogP contribution >= 0.6 is 0 Å². The lowest BCUT2D eigenvalue weighted by atomic mass is 9.92. The normalized spacial score (nSPS) is 30.5. The van der Waals surface area contributed by atoms with Gasteiger partial charge in [-0.25, -0.2) is 0 Å². The fourth-order valence-electron chi connectivity index (χ4n) is 1.44. The van der Waals surface area contributed by atoms with Crippen molar-refractivity contribution in [2.75, 3.05) is 13.2 Å². The van der Waals surface area contributed by atoms with Crippen LogP contribution < -0.4 is 0 Å². The van der Waals surface area contributed by atoms with Crippen LogP contribution in [0.1, 0.15) is 40.5 Å². The molecule has 0 unspecified atom stereocenters. The second kappa shape index (κ2) is 4.43. The van der Waals surface area contributed by atoms with Crippen molar-refractivity contribution in [2.24, 2.45) is 11.3 Å². The molecule has 0 N–H and O–H groups in total. The number of hydrogen-bond acceptors (Lipinski definition) is 2. The first-order valence-corrected chi connectivity index (χ1v) is 5.24. The quantitative estimate of drug-likeness (QED) is 0.660. The van der Waals surface area contributed by atoms with Crippen LogP contribution in [0.3, 0.4) is 0 Å². The van der Waals surface area contributed by atoms with Crippen LogP contribution in [0.2, 0.25) is 0 Å². The van der Waals surface area contributed by atoms with E-state index in [-0.39, 0.29) is 6.29 Å². The highest BCUT2D eigenvalue weighted by Gasteiger charge is 2.25. The maximum atomic E-state index is 5.64. The number of ether oxygens (including phenoxy) is 2. The van der Waals surface area contributed by atoms with E-state index in [1.54, 1.807) is 0 Å². The first kappa shape index (κ1) is 11.0. The van der Waals surface area contributed by atoms with Crippen LogP contribution in [0.5, 0.6) is 0 Å². The minimum absolute atomic E-state index is 0.0304. The SMILES string of the molecule is CCC1COC(CC(C)(C)C)OC1. The summed E-state index contributed by atoms with van der Waals surface area (Å²) in [6.07, 6.45) is 2.17. The van der Waals surface area contributed by atoms with Gasteiger partial charge in [0.2, 0.25) is 0 Å². The molecule has 1 rings (SSSR count). The summed E-state index contributed by atoms with van der Waals surface area (Å²) in [5, 5.41) is 0. The van der Waals surface area contributed by atoms with Crippen molar-refractivity contribution in [3.63, 3.8) is 0 Å². The maximum absolute atomic E-state index is 5.64. The molecule has 0 saturated carbocycles. The van der Waals surface area contributed by atoms with Crippen LogP contribution in [0.4, 0.5) is 0 Å². The van der Waals surface area contributed by atoms with Gasteiger partial charge in [-0.2, -0.15) is 0 Å². The molecule has 2 nitrogen and oxygen atoms in total. The molecule has 0 spiro atoms. The monoisotopic (exact) mass is 186 g/mol. The molecule has 1 heterocycles. The topological polar surface area (TPSA) is 18.5 Å². The maximum Gasteiger partial charge on any atom is 0.158 e. The Hall–Kier alpha value is -0.0800. The van der Waals surface area contributed by atoms with Gasteiger partial charge in [0, 0.05) is 12.3 Å². The summed E-state index contributed by atoms with van der Waals surface area (Å²) in [6, 6.07) is 0. The summed E-state index contributed by atoms with van der Waals surface area (Å²) in [7, 11) is 0. The van der Waals surface area contributed by atoms with Crippen molar-refractivity contribution < 1.29 is 9.47 Å². The Morgan fingerprint density at radius 3 is 2.08 bits per heavy atom. The lowest BCUT2D eigenvalue weighted by Gasteiger charge is -2.32. The molecule has 1 aliphatic rings. The van der Waals surface area contributed by atoms with E-state index < -0.39 is 0 Å². The summed E-state index contributed by atoms with van der Waals surface area (Å²) in [5.41, 5.74) is 0.295. The van der Waals surface area contributed by atoms with E-state index in [1.165, 1.54) is 0 Å². The highest BCUT2D eigenvalue weighted by molar-refractivity contribution is 4.68. The zero-order chi connectivity index (χ0) is 9.90. The molecular formula is C11H22O2. The Bertz CT molecular complexity index is 141. The lowest BCUT2D eigenvalue weighted by Crippen LogP contribution is -2.34. The highest BCUT2D eigenvalue weighted by Crippen LogP contribution is 2.26. The predicted molar refractivity (Wildman–Crippen MR) is 53.5 cm³/mol. The number of hydrogen-bond donors (Lipinski definition) is 0. The predicted octanol–water partition coefficient (Wildman–Crippen LogP) is 2.82. The molecule has 0 radical (unpaired) electrons. The zero-order valence-corrected chi connectivity index (χ0v) is 9.30. The van der Waals surface area contributed by atoms with Crippen LogP contribution in [-0.4, -0.2) is 19.5 Å². The molecule has 2 heteroatoms. The van der Waals surface area contributed by atoms with Crippen LogP contribution in [0, 0.1) is 11.3 Å². The van der Waals surface area contributed by atoms with Gasteiger partial charge in [0.15, 0.2) is 6.29 Å². The number of rotatable bonds is 2. The minimum atomic E-state index is 0.0304. The molecule has 1 saturated heterocycles. The van der Waals surface area contributed by atoms with Gasteiger partial charge in [0.1, 0.15) is 0 Å². The van der Waals surface area contributed by atoms with Crippen molar-refractivity contribution in [1.29, 1.82) is 0 Å². The first-order valence-electron chi connectivity index (χ1n) is 5.24. The van der Waals surface area contributed by atoms with Gasteiger partial charge in [0.05, 0.1) is 13.2 Å². The molecule has 0 amide bonds. The summed E-state index contributed by atoms with van der Waals surface area (Å²) < 4.78 is 11.3. The second-order valence-corrected chi connectivity index (χ2v) is 5.14. The Kier molecular flexibility index (Phi) is 3.74. The van der Waals surface area contributed by atoms with E-state index in [1.807, 2.05) is 0 Å². The van der Waals surface area contributed by atoms with Crippen LogP contribution in [0.25, 0.3) is 0 Å². The van der Waals surface area contributed by atoms with Gasteiger partial charge >= 0.3 is 0 Å². The van der Waals surface area contributed by atoms with Crippen LogP contribution in [0.15, 0.2) is 0 Å². The van der Waals surface area contributed by atoms with Crippen molar-refractivity contribution in [1.82, 2.24) is 0 Å². The van der Waals surface area contributed by atoms with Crippen molar-refractivity contribution >= 4 is 0 Å². The largest absolute Gasteiger partial charge is 0.352 e. The molecule has 1 fully saturated rings. The summed E-state index contributed by atoms with van der Waals surface area (Å²) in [5.74, 6) is 0.608. The van der Waals surface area contributed by atoms with E-state index in [2.05, 4.69) is 27.7 Å². The van der Waals surface area contributed by atoms with Crippen molar-refractivity contribution in [3.8, 4) is 0 Å². The highest BCUT2D eigenvalue weighted by atomic mass is 16.7. The van der Waals surface area contributed by atoms with Gasteiger partial charge in [-0.3, -0.25) is 0 Å². The van der Waals surface area contributed by atoms with E-state index in [0.717, 1.165) is 26.1 Å². The van der Waals surface area contributed by atoms with E-state index >= 15 is 0 Å². The lowest BCUT2D eigenvalue weighted by molar-refractivity contribution is -0.211. The Balaban J connectivity index is 2.25. The van der Waals surface area contributed by atoms with Gasteiger partial charge in [-0.05, 0) is 11.8 Å². The van der Waals surface area contributed by atoms with E-state index in [4.69, 9.17) is 9.47 Å². The fourth-order valence-corrected chi connectivity index (χ4v) is 1.44. The first-order chi connectivity index (χ1) is 6.01. The summed E-state index contributed by atoms with van der Waals surface area (Å²) in [4.78, 5) is 0. The third-order valence-corrected chi connectivity index (χ3v) is 2.39. The van der Waals surface area contributed by atoms with E-state index in [0.29, 0.717) is 11.3 Å². The summed E-state index contributed by atoms with van der Waals surface area (Å²) in [6.45, 7) is 10.6. The van der Waals surface area contributed by atoms with Crippen molar-refractivity contribution in [2.45, 2.75) is 46.8 Å². The van der Waals surface area contributed by atoms with Gasteiger partial charge in [-0.15, -0.1) is 0 Å². The van der Waals surface area contributed by atoms with Gasteiger partial charge in [0.25, 0.3) is 0 Å². The second-order valence-electron chi connectivity index (χ2n) is 5.14. The molecule has 1 aliphatic heterocycles. The Morgan fingerprint density at radius 2 is 1.69 bits per heavy atom. The smallest absolute Gasteiger partial charge is 0.158 e. The fraction of sp³-hybridized carbons (Fsp3) is 1.00. The zero-order valence-electron chi connectivity index (χ0n) is 9.30. The molecular weight excluding hydrogens is 164 g/mol. The standard InChI is InChI=1S/C11H22O2/c1-5-9-7-12-10(13-8-9)6-11(2,3)4/h9-10H,5-8H2,1-4H3. The third-order valence-electron chi connectivity index (χ3n) is 2.39. The average molecular weight is 186 g/mol. The Labute approximate surface area is 81.6 Å². The molecule has 78 valence electrons. The molecule has 0 bridgehead atoms. The van der Waals surface area contributed by atoms with Crippen LogP contribution in [-0.2, 0) is 9.47 Å². The van der Waals surface area contributed by atoms with Gasteiger partial charge in [-0.1, -0.05) is 27.7 Å². The molecule has 0 aromatic carbocycles. The van der Waals surface area contributed by atoms with E-state index in [9.17, 15) is 0 Å². The average Bonchev–Trinajstić information content (AvgIpc) is 2.03. The minimum Gasteiger partial charge on any atom is -0.352 e.